The largest absolute Gasteiger partial charge is 0.341 e. The number of hydrogen-bond acceptors (Lipinski definition) is 4. The lowest BCUT2D eigenvalue weighted by molar-refractivity contribution is -0.122. The van der Waals surface area contributed by atoms with Crippen molar-refractivity contribution in [1.82, 2.24) is 9.97 Å². The lowest BCUT2D eigenvalue weighted by Gasteiger charge is -2.34. The van der Waals surface area contributed by atoms with Gasteiger partial charge < -0.3 is 9.80 Å². The highest BCUT2D eigenvalue weighted by Gasteiger charge is 2.30. The lowest BCUT2D eigenvalue weighted by Crippen LogP contribution is -2.43. The van der Waals surface area contributed by atoms with Crippen molar-refractivity contribution in [2.75, 3.05) is 29.4 Å². The summed E-state index contributed by atoms with van der Waals surface area (Å²) in [6, 6.07) is 8.00. The quantitative estimate of drug-likeness (QED) is 0.858. The molecule has 0 radical (unpaired) electrons. The van der Waals surface area contributed by atoms with E-state index in [2.05, 4.69) is 40.8 Å². The molecule has 5 nitrogen and oxygen atoms in total. The van der Waals surface area contributed by atoms with Crippen molar-refractivity contribution >= 4 is 17.5 Å². The van der Waals surface area contributed by atoms with Gasteiger partial charge in [-0.05, 0) is 56.9 Å². The van der Waals surface area contributed by atoms with Gasteiger partial charge in [0.05, 0.1) is 0 Å². The summed E-state index contributed by atoms with van der Waals surface area (Å²) in [5.41, 5.74) is 3.45. The van der Waals surface area contributed by atoms with Gasteiger partial charge in [-0.2, -0.15) is 0 Å². The molecular formula is C20H26N4O. The van der Waals surface area contributed by atoms with Crippen LogP contribution in [-0.2, 0) is 4.79 Å². The van der Waals surface area contributed by atoms with Gasteiger partial charge in [-0.3, -0.25) is 4.79 Å². The minimum absolute atomic E-state index is 0.0693. The monoisotopic (exact) mass is 338 g/mol. The summed E-state index contributed by atoms with van der Waals surface area (Å²) in [4.78, 5) is 25.8. The van der Waals surface area contributed by atoms with Crippen molar-refractivity contribution in [3.05, 3.63) is 47.8 Å². The van der Waals surface area contributed by atoms with Crippen LogP contribution in [0.2, 0.25) is 0 Å². The number of aryl methyl sites for hydroxylation is 1. The molecule has 132 valence electrons. The number of nitrogens with zero attached hydrogens (tertiary/aromatic N) is 4. The Hall–Kier alpha value is -2.43. The van der Waals surface area contributed by atoms with E-state index in [0.29, 0.717) is 6.54 Å². The van der Waals surface area contributed by atoms with Gasteiger partial charge in [-0.25, -0.2) is 9.97 Å². The molecule has 2 heterocycles. The van der Waals surface area contributed by atoms with E-state index >= 15 is 0 Å². The first-order valence-corrected chi connectivity index (χ1v) is 9.01. The van der Waals surface area contributed by atoms with E-state index in [-0.39, 0.29) is 11.8 Å². The molecule has 1 amide bonds. The van der Waals surface area contributed by atoms with E-state index in [1.54, 1.807) is 12.4 Å². The summed E-state index contributed by atoms with van der Waals surface area (Å²) in [6.07, 6.45) is 5.22. The molecule has 0 unspecified atom stereocenters. The minimum atomic E-state index is 0.0693. The topological polar surface area (TPSA) is 49.3 Å². The molecule has 1 aromatic heterocycles. The molecular weight excluding hydrogens is 312 g/mol. The van der Waals surface area contributed by atoms with Crippen molar-refractivity contribution in [2.45, 2.75) is 33.6 Å². The predicted octanol–water partition coefficient (Wildman–Crippen LogP) is 3.36. The number of piperidine rings is 1. The molecule has 3 rings (SSSR count). The molecule has 1 aromatic carbocycles. The Balaban J connectivity index is 1.70. The molecule has 1 saturated heterocycles. The van der Waals surface area contributed by atoms with Gasteiger partial charge in [0.2, 0.25) is 11.9 Å². The van der Waals surface area contributed by atoms with Gasteiger partial charge in [-0.15, -0.1) is 0 Å². The Morgan fingerprint density at radius 2 is 1.84 bits per heavy atom. The van der Waals surface area contributed by atoms with Crippen LogP contribution in [0.25, 0.3) is 0 Å². The number of aromatic nitrogens is 2. The average Bonchev–Trinajstić information content (AvgIpc) is 2.66. The normalized spacial score (nSPS) is 15.2. The SMILES string of the molecule is CCN(C(=O)C1CCN(c2ncccn2)CC1)c1cccc(C)c1C. The van der Waals surface area contributed by atoms with E-state index in [1.165, 1.54) is 11.1 Å². The smallest absolute Gasteiger partial charge is 0.230 e. The molecule has 1 aliphatic rings. The number of carbonyl (C=O) groups is 1. The summed E-state index contributed by atoms with van der Waals surface area (Å²) >= 11 is 0. The molecule has 25 heavy (non-hydrogen) atoms. The van der Waals surface area contributed by atoms with Gasteiger partial charge >= 0.3 is 0 Å². The molecule has 2 aromatic rings. The number of anilines is 2. The number of amides is 1. The molecule has 0 bridgehead atoms. The zero-order valence-electron chi connectivity index (χ0n) is 15.3. The second-order valence-corrected chi connectivity index (χ2v) is 6.61. The Labute approximate surface area is 149 Å². The maximum atomic E-state index is 13.1. The first kappa shape index (κ1) is 17.4. The maximum Gasteiger partial charge on any atom is 0.230 e. The fourth-order valence-electron chi connectivity index (χ4n) is 3.47. The number of hydrogen-bond donors (Lipinski definition) is 0. The Kier molecular flexibility index (Phi) is 5.31. The molecule has 1 aliphatic heterocycles. The Morgan fingerprint density at radius 3 is 2.48 bits per heavy atom. The van der Waals surface area contributed by atoms with Crippen LogP contribution in [0.5, 0.6) is 0 Å². The third-order valence-corrected chi connectivity index (χ3v) is 5.13. The van der Waals surface area contributed by atoms with Crippen molar-refractivity contribution in [1.29, 1.82) is 0 Å². The molecule has 0 aliphatic carbocycles. The molecule has 1 fully saturated rings. The zero-order valence-corrected chi connectivity index (χ0v) is 15.3. The van der Waals surface area contributed by atoms with Gasteiger partial charge in [0, 0.05) is 43.6 Å². The van der Waals surface area contributed by atoms with Crippen LogP contribution in [0, 0.1) is 19.8 Å². The number of carbonyl (C=O) groups excluding carboxylic acids is 1. The molecule has 0 spiro atoms. The first-order valence-electron chi connectivity index (χ1n) is 9.01. The zero-order chi connectivity index (χ0) is 17.8. The van der Waals surface area contributed by atoms with E-state index in [4.69, 9.17) is 0 Å². The summed E-state index contributed by atoms with van der Waals surface area (Å²) in [5, 5.41) is 0. The van der Waals surface area contributed by atoms with Crippen molar-refractivity contribution in [3.8, 4) is 0 Å². The van der Waals surface area contributed by atoms with Crippen LogP contribution in [0.4, 0.5) is 11.6 Å². The van der Waals surface area contributed by atoms with Crippen LogP contribution in [0.3, 0.4) is 0 Å². The fraction of sp³-hybridized carbons (Fsp3) is 0.450. The van der Waals surface area contributed by atoms with Crippen LogP contribution in [0.15, 0.2) is 36.7 Å². The molecule has 0 atom stereocenters. The van der Waals surface area contributed by atoms with Crippen LogP contribution in [-0.4, -0.2) is 35.5 Å². The molecule has 5 heteroatoms. The highest BCUT2D eigenvalue weighted by Crippen LogP contribution is 2.28. The van der Waals surface area contributed by atoms with Gasteiger partial charge in [-0.1, -0.05) is 12.1 Å². The number of rotatable bonds is 4. The van der Waals surface area contributed by atoms with Crippen molar-refractivity contribution < 1.29 is 4.79 Å². The van der Waals surface area contributed by atoms with Crippen molar-refractivity contribution in [2.24, 2.45) is 5.92 Å². The molecule has 0 N–H and O–H groups in total. The summed E-state index contributed by atoms with van der Waals surface area (Å²) in [7, 11) is 0. The second-order valence-electron chi connectivity index (χ2n) is 6.61. The van der Waals surface area contributed by atoms with Crippen molar-refractivity contribution in [3.63, 3.8) is 0 Å². The Bertz CT molecular complexity index is 724. The van der Waals surface area contributed by atoms with Gasteiger partial charge in [0.25, 0.3) is 0 Å². The van der Waals surface area contributed by atoms with Gasteiger partial charge in [0.1, 0.15) is 0 Å². The summed E-state index contributed by atoms with van der Waals surface area (Å²) < 4.78 is 0. The summed E-state index contributed by atoms with van der Waals surface area (Å²) in [5.74, 6) is 1.07. The maximum absolute atomic E-state index is 13.1. The van der Waals surface area contributed by atoms with E-state index in [1.807, 2.05) is 24.0 Å². The predicted molar refractivity (Wildman–Crippen MR) is 101 cm³/mol. The first-order chi connectivity index (χ1) is 12.1. The van der Waals surface area contributed by atoms with Crippen LogP contribution < -0.4 is 9.80 Å². The highest BCUT2D eigenvalue weighted by molar-refractivity contribution is 5.96. The highest BCUT2D eigenvalue weighted by atomic mass is 16.2. The Morgan fingerprint density at radius 1 is 1.16 bits per heavy atom. The summed E-state index contributed by atoms with van der Waals surface area (Å²) in [6.45, 7) is 8.58. The molecule has 0 saturated carbocycles. The van der Waals surface area contributed by atoms with Crippen LogP contribution in [0.1, 0.15) is 30.9 Å². The standard InChI is InChI=1S/C20H26N4O/c1-4-24(18-8-5-7-15(2)16(18)3)19(25)17-9-13-23(14-10-17)20-21-11-6-12-22-20/h5-8,11-12,17H,4,9-10,13-14H2,1-3H3. The minimum Gasteiger partial charge on any atom is -0.341 e. The third kappa shape index (κ3) is 3.65. The van der Waals surface area contributed by atoms with E-state index < -0.39 is 0 Å². The van der Waals surface area contributed by atoms with Crippen LogP contribution >= 0.6 is 0 Å². The average molecular weight is 338 g/mol. The lowest BCUT2D eigenvalue weighted by atomic mass is 9.94. The number of benzene rings is 1. The fourth-order valence-corrected chi connectivity index (χ4v) is 3.47. The van der Waals surface area contributed by atoms with E-state index in [9.17, 15) is 4.79 Å². The van der Waals surface area contributed by atoms with Gasteiger partial charge in [0.15, 0.2) is 0 Å². The van der Waals surface area contributed by atoms with E-state index in [0.717, 1.165) is 37.6 Å². The second kappa shape index (κ2) is 7.64. The third-order valence-electron chi connectivity index (χ3n) is 5.13.